The van der Waals surface area contributed by atoms with E-state index in [1.807, 2.05) is 0 Å². The molecule has 0 unspecified atom stereocenters. The fraction of sp³-hybridized carbons (Fsp3) is 0.0328. The second kappa shape index (κ2) is 14.4. The van der Waals surface area contributed by atoms with Crippen LogP contribution in [0.5, 0.6) is 0 Å². The van der Waals surface area contributed by atoms with Crippen LogP contribution >= 0.6 is 0 Å². The van der Waals surface area contributed by atoms with E-state index in [1.54, 1.807) is 0 Å². The molecule has 3 heteroatoms. The standard InChI is InChI=1S/C61H40N2O/c1-3-16-40(17-4-1)41-30-33-46(34-31-41)63(47-22-15-21-45(38-47)61(44-19-5-2-6-20-44)53-27-12-10-23-48(53)49-24-11-13-28-54(49)61)57-39-59-60(51-26-9-8-25-50(51)57)52-36-43(32-35-58(52)64-59)56-37-42-18-7-14-29-55(42)62-56/h1-36,38-39H,37H2. The summed E-state index contributed by atoms with van der Waals surface area (Å²) in [4.78, 5) is 7.47. The van der Waals surface area contributed by atoms with Gasteiger partial charge in [-0.15, -0.1) is 0 Å². The van der Waals surface area contributed by atoms with Crippen molar-refractivity contribution in [1.82, 2.24) is 0 Å². The summed E-state index contributed by atoms with van der Waals surface area (Å²) in [6.07, 6.45) is 0.822. The van der Waals surface area contributed by atoms with Crippen LogP contribution in [-0.2, 0) is 11.8 Å². The molecule has 0 fully saturated rings. The summed E-state index contributed by atoms with van der Waals surface area (Å²) in [6, 6.07) is 83.8. The van der Waals surface area contributed by atoms with Gasteiger partial charge in [-0.3, -0.25) is 4.99 Å². The highest BCUT2D eigenvalue weighted by Gasteiger charge is 2.46. The molecule has 64 heavy (non-hydrogen) atoms. The van der Waals surface area contributed by atoms with Crippen LogP contribution in [0, 0.1) is 0 Å². The van der Waals surface area contributed by atoms with Gasteiger partial charge in [0.2, 0.25) is 0 Å². The van der Waals surface area contributed by atoms with Gasteiger partial charge in [-0.1, -0.05) is 176 Å². The molecular formula is C61H40N2O. The topological polar surface area (TPSA) is 28.7 Å². The number of fused-ring (bicyclic) bond motifs is 9. The summed E-state index contributed by atoms with van der Waals surface area (Å²) in [6.45, 7) is 0. The smallest absolute Gasteiger partial charge is 0.138 e. The first-order valence-electron chi connectivity index (χ1n) is 22.1. The molecule has 13 rings (SSSR count). The van der Waals surface area contributed by atoms with Gasteiger partial charge >= 0.3 is 0 Å². The predicted molar refractivity (Wildman–Crippen MR) is 265 cm³/mol. The van der Waals surface area contributed by atoms with Crippen LogP contribution in [0.25, 0.3) is 55.0 Å². The van der Waals surface area contributed by atoms with Crippen molar-refractivity contribution in [3.63, 3.8) is 0 Å². The Morgan fingerprint density at radius 2 is 1.05 bits per heavy atom. The van der Waals surface area contributed by atoms with E-state index in [-0.39, 0.29) is 0 Å². The molecule has 2 aliphatic rings. The second-order valence-electron chi connectivity index (χ2n) is 17.0. The maximum Gasteiger partial charge on any atom is 0.138 e. The minimum atomic E-state index is -0.541. The quantitative estimate of drug-likeness (QED) is 0.160. The maximum atomic E-state index is 6.87. The molecule has 1 aliphatic heterocycles. The van der Waals surface area contributed by atoms with E-state index in [2.05, 4.69) is 235 Å². The third-order valence-corrected chi connectivity index (χ3v) is 13.6. The lowest BCUT2D eigenvalue weighted by molar-refractivity contribution is 0.669. The second-order valence-corrected chi connectivity index (χ2v) is 17.0. The molecule has 1 aromatic heterocycles. The van der Waals surface area contributed by atoms with Crippen molar-refractivity contribution >= 4 is 61.2 Å². The van der Waals surface area contributed by atoms with Crippen molar-refractivity contribution in [3.8, 4) is 22.3 Å². The van der Waals surface area contributed by atoms with E-state index < -0.39 is 5.41 Å². The van der Waals surface area contributed by atoms with Crippen molar-refractivity contribution in [1.29, 1.82) is 0 Å². The number of para-hydroxylation sites is 1. The molecular weight excluding hydrogens is 777 g/mol. The number of hydrogen-bond acceptors (Lipinski definition) is 3. The number of rotatable bonds is 7. The molecule has 0 radical (unpaired) electrons. The van der Waals surface area contributed by atoms with E-state index in [1.165, 1.54) is 50.1 Å². The van der Waals surface area contributed by atoms with Crippen molar-refractivity contribution in [2.75, 3.05) is 4.90 Å². The van der Waals surface area contributed by atoms with E-state index in [4.69, 9.17) is 9.41 Å². The van der Waals surface area contributed by atoms with Crippen molar-refractivity contribution in [2.45, 2.75) is 11.8 Å². The largest absolute Gasteiger partial charge is 0.456 e. The average Bonchev–Trinajstić information content (AvgIpc) is 4.06. The minimum Gasteiger partial charge on any atom is -0.456 e. The van der Waals surface area contributed by atoms with E-state index >= 15 is 0 Å². The zero-order valence-corrected chi connectivity index (χ0v) is 34.9. The van der Waals surface area contributed by atoms with Crippen LogP contribution in [-0.4, -0.2) is 5.71 Å². The first-order valence-corrected chi connectivity index (χ1v) is 22.1. The van der Waals surface area contributed by atoms with Crippen molar-refractivity contribution < 1.29 is 4.42 Å². The van der Waals surface area contributed by atoms with Gasteiger partial charge < -0.3 is 9.32 Å². The highest BCUT2D eigenvalue weighted by atomic mass is 16.3. The maximum absolute atomic E-state index is 6.87. The fourth-order valence-electron chi connectivity index (χ4n) is 10.7. The Labute approximate surface area is 371 Å². The lowest BCUT2D eigenvalue weighted by Crippen LogP contribution is -2.28. The SMILES string of the molecule is c1ccc(-c2ccc(N(c3cccc(C4(c5ccccc5)c5ccccc5-c5ccccc54)c3)c3cc4oc5ccc(C6=Nc7ccccc7C6)cc5c4c4ccccc34)cc2)cc1. The first kappa shape index (κ1) is 36.4. The molecule has 2 heterocycles. The Morgan fingerprint density at radius 1 is 0.422 bits per heavy atom. The number of nitrogens with zero attached hydrogens (tertiary/aromatic N) is 2. The Morgan fingerprint density at radius 3 is 1.81 bits per heavy atom. The van der Waals surface area contributed by atoms with Gasteiger partial charge in [0, 0.05) is 40.0 Å². The monoisotopic (exact) mass is 816 g/mol. The number of anilines is 3. The van der Waals surface area contributed by atoms with Crippen LogP contribution in [0.4, 0.5) is 22.7 Å². The van der Waals surface area contributed by atoms with Crippen molar-refractivity contribution in [3.05, 3.63) is 264 Å². The summed E-state index contributed by atoms with van der Waals surface area (Å²) in [7, 11) is 0. The number of furan rings is 1. The van der Waals surface area contributed by atoms with Crippen LogP contribution < -0.4 is 4.90 Å². The molecule has 3 nitrogen and oxygen atoms in total. The molecule has 0 atom stereocenters. The van der Waals surface area contributed by atoms with Gasteiger partial charge in [0.15, 0.2) is 0 Å². The summed E-state index contributed by atoms with van der Waals surface area (Å²) in [5, 5.41) is 4.49. The molecule has 10 aromatic carbocycles. The summed E-state index contributed by atoms with van der Waals surface area (Å²) >= 11 is 0. The lowest BCUT2D eigenvalue weighted by Gasteiger charge is -2.35. The molecule has 0 saturated heterocycles. The highest BCUT2D eigenvalue weighted by Crippen LogP contribution is 2.57. The number of aliphatic imine (C=N–C) groups is 1. The van der Waals surface area contributed by atoms with E-state index in [9.17, 15) is 0 Å². The Balaban J connectivity index is 1.04. The van der Waals surface area contributed by atoms with Crippen LogP contribution in [0.15, 0.2) is 240 Å². The molecule has 0 bridgehead atoms. The van der Waals surface area contributed by atoms with Crippen LogP contribution in [0.2, 0.25) is 0 Å². The average molecular weight is 817 g/mol. The molecule has 0 amide bonds. The molecule has 1 aliphatic carbocycles. The van der Waals surface area contributed by atoms with E-state index in [0.717, 1.165) is 73.2 Å². The highest BCUT2D eigenvalue weighted by molar-refractivity contribution is 6.23. The minimum absolute atomic E-state index is 0.541. The van der Waals surface area contributed by atoms with Crippen molar-refractivity contribution in [2.24, 2.45) is 4.99 Å². The fourth-order valence-corrected chi connectivity index (χ4v) is 10.7. The van der Waals surface area contributed by atoms with Gasteiger partial charge in [0.1, 0.15) is 11.2 Å². The zero-order chi connectivity index (χ0) is 42.2. The predicted octanol–water partition coefficient (Wildman–Crippen LogP) is 15.9. The van der Waals surface area contributed by atoms with Crippen LogP contribution in [0.3, 0.4) is 0 Å². The lowest BCUT2D eigenvalue weighted by atomic mass is 9.67. The Kier molecular flexibility index (Phi) is 8.19. The number of benzene rings is 10. The summed E-state index contributed by atoms with van der Waals surface area (Å²) < 4.78 is 6.87. The van der Waals surface area contributed by atoms with Gasteiger partial charge in [0.25, 0.3) is 0 Å². The summed E-state index contributed by atoms with van der Waals surface area (Å²) in [5.41, 5.74) is 18.8. The van der Waals surface area contributed by atoms with E-state index in [0.29, 0.717) is 0 Å². The third-order valence-electron chi connectivity index (χ3n) is 13.6. The zero-order valence-electron chi connectivity index (χ0n) is 34.9. The van der Waals surface area contributed by atoms with Crippen LogP contribution in [0.1, 0.15) is 33.4 Å². The van der Waals surface area contributed by atoms with Gasteiger partial charge in [-0.05, 0) is 110 Å². The Hall–Kier alpha value is -8.27. The molecule has 0 spiro atoms. The first-order chi connectivity index (χ1) is 31.7. The van der Waals surface area contributed by atoms with Gasteiger partial charge in [-0.25, -0.2) is 0 Å². The normalized spacial score (nSPS) is 13.5. The van der Waals surface area contributed by atoms with Gasteiger partial charge in [0.05, 0.1) is 22.5 Å². The molecule has 11 aromatic rings. The third kappa shape index (κ3) is 5.51. The Bertz CT molecular complexity index is 3590. The molecule has 0 N–H and O–H groups in total. The molecule has 0 saturated carbocycles. The molecule has 300 valence electrons. The number of hydrogen-bond donors (Lipinski definition) is 0. The summed E-state index contributed by atoms with van der Waals surface area (Å²) in [5.74, 6) is 0. The van der Waals surface area contributed by atoms with Gasteiger partial charge in [-0.2, -0.15) is 0 Å².